The third-order valence-corrected chi connectivity index (χ3v) is 3.37. The average Bonchev–Trinajstić information content (AvgIpc) is 2.94. The maximum atomic E-state index is 13.0. The Kier molecular flexibility index (Phi) is 5.38. The average molecular weight is 329 g/mol. The van der Waals surface area contributed by atoms with Crippen LogP contribution >= 0.6 is 0 Å². The van der Waals surface area contributed by atoms with Gasteiger partial charge in [-0.2, -0.15) is 18.2 Å². The van der Waals surface area contributed by atoms with Crippen molar-refractivity contribution >= 4 is 0 Å². The first kappa shape index (κ1) is 17.4. The van der Waals surface area contributed by atoms with E-state index in [0.29, 0.717) is 11.7 Å². The number of methoxy groups -OCH3 is 1. The van der Waals surface area contributed by atoms with Gasteiger partial charge >= 0.3 is 6.18 Å². The van der Waals surface area contributed by atoms with Crippen LogP contribution in [0.3, 0.4) is 0 Å². The maximum Gasteiger partial charge on any atom is 0.416 e. The van der Waals surface area contributed by atoms with Gasteiger partial charge in [0.25, 0.3) is 0 Å². The smallest absolute Gasteiger partial charge is 0.374 e. The van der Waals surface area contributed by atoms with Gasteiger partial charge in [-0.1, -0.05) is 23.4 Å². The van der Waals surface area contributed by atoms with E-state index in [2.05, 4.69) is 10.1 Å². The molecule has 23 heavy (non-hydrogen) atoms. The summed E-state index contributed by atoms with van der Waals surface area (Å²) in [5.41, 5.74) is -0.432. The third-order valence-electron chi connectivity index (χ3n) is 3.37. The van der Waals surface area contributed by atoms with Crippen LogP contribution in [0.4, 0.5) is 13.2 Å². The number of alkyl halides is 3. The fraction of sp³-hybridized carbons (Fsp3) is 0.467. The summed E-state index contributed by atoms with van der Waals surface area (Å²) in [5.74, 6) is 0.738. The molecule has 0 radical (unpaired) electrons. The molecule has 2 aromatic rings. The summed E-state index contributed by atoms with van der Waals surface area (Å²) in [5, 5.41) is 3.79. The van der Waals surface area contributed by atoms with E-state index in [4.69, 9.17) is 9.26 Å². The Bertz CT molecular complexity index is 643. The van der Waals surface area contributed by atoms with Crippen molar-refractivity contribution in [3.05, 3.63) is 47.1 Å². The first-order valence-corrected chi connectivity index (χ1v) is 7.00. The first-order valence-electron chi connectivity index (χ1n) is 7.00. The second kappa shape index (κ2) is 7.10. The molecule has 1 aromatic carbocycles. The van der Waals surface area contributed by atoms with Gasteiger partial charge in [0, 0.05) is 13.7 Å². The lowest BCUT2D eigenvalue weighted by Gasteiger charge is -2.18. The van der Waals surface area contributed by atoms with E-state index in [1.165, 1.54) is 19.2 Å². The standard InChI is InChI=1S/C15H18F3N3O2/c1-10(22-3)14-19-13(23-20-14)9-21(2)8-11-6-4-5-7-12(11)15(16,17)18/h4-7,10H,8-9H2,1-3H3/t10-/m1/s1. The molecule has 1 heterocycles. The van der Waals surface area contributed by atoms with Crippen LogP contribution in [0.5, 0.6) is 0 Å². The highest BCUT2D eigenvalue weighted by atomic mass is 19.4. The third kappa shape index (κ3) is 4.52. The summed E-state index contributed by atoms with van der Waals surface area (Å²) in [6.45, 7) is 2.14. The largest absolute Gasteiger partial charge is 0.416 e. The Hall–Kier alpha value is -1.93. The molecule has 1 aromatic heterocycles. The molecule has 126 valence electrons. The van der Waals surface area contributed by atoms with Crippen molar-refractivity contribution < 1.29 is 22.4 Å². The number of rotatable bonds is 6. The molecular weight excluding hydrogens is 311 g/mol. The summed E-state index contributed by atoms with van der Waals surface area (Å²) in [7, 11) is 3.22. The van der Waals surface area contributed by atoms with E-state index >= 15 is 0 Å². The van der Waals surface area contributed by atoms with Crippen LogP contribution in [-0.4, -0.2) is 29.2 Å². The Balaban J connectivity index is 2.06. The van der Waals surface area contributed by atoms with Crippen molar-refractivity contribution in [2.75, 3.05) is 14.2 Å². The summed E-state index contributed by atoms with van der Waals surface area (Å²) >= 11 is 0. The predicted octanol–water partition coefficient (Wildman–Crippen LogP) is 3.43. The second-order valence-corrected chi connectivity index (χ2v) is 5.25. The lowest BCUT2D eigenvalue weighted by molar-refractivity contribution is -0.138. The van der Waals surface area contributed by atoms with Gasteiger partial charge in [-0.05, 0) is 25.6 Å². The Morgan fingerprint density at radius 1 is 1.26 bits per heavy atom. The molecule has 5 nitrogen and oxygen atoms in total. The van der Waals surface area contributed by atoms with Gasteiger partial charge in [-0.15, -0.1) is 0 Å². The van der Waals surface area contributed by atoms with Gasteiger partial charge in [0.05, 0.1) is 12.1 Å². The topological polar surface area (TPSA) is 51.4 Å². The van der Waals surface area contributed by atoms with Crippen molar-refractivity contribution in [2.24, 2.45) is 0 Å². The fourth-order valence-corrected chi connectivity index (χ4v) is 2.12. The zero-order valence-corrected chi connectivity index (χ0v) is 13.1. The van der Waals surface area contributed by atoms with Gasteiger partial charge in [-0.25, -0.2) is 0 Å². The van der Waals surface area contributed by atoms with Gasteiger partial charge < -0.3 is 9.26 Å². The Morgan fingerprint density at radius 2 is 1.96 bits per heavy atom. The van der Waals surface area contributed by atoms with Crippen molar-refractivity contribution in [3.63, 3.8) is 0 Å². The van der Waals surface area contributed by atoms with Crippen LogP contribution in [-0.2, 0) is 24.0 Å². The summed E-state index contributed by atoms with van der Waals surface area (Å²) in [6, 6.07) is 5.51. The predicted molar refractivity (Wildman–Crippen MR) is 76.3 cm³/mol. The zero-order valence-electron chi connectivity index (χ0n) is 13.1. The van der Waals surface area contributed by atoms with Crippen LogP contribution in [0.25, 0.3) is 0 Å². The molecule has 0 aliphatic rings. The van der Waals surface area contributed by atoms with Crippen molar-refractivity contribution in [1.29, 1.82) is 0 Å². The van der Waals surface area contributed by atoms with Crippen LogP contribution < -0.4 is 0 Å². The van der Waals surface area contributed by atoms with Crippen molar-refractivity contribution in [3.8, 4) is 0 Å². The molecule has 0 saturated carbocycles. The molecule has 8 heteroatoms. The highest BCUT2D eigenvalue weighted by Crippen LogP contribution is 2.32. The summed E-state index contributed by atoms with van der Waals surface area (Å²) in [4.78, 5) is 5.85. The molecule has 0 amide bonds. The normalized spacial score (nSPS) is 13.5. The Labute approximate surface area is 132 Å². The number of benzene rings is 1. The molecule has 1 atom stereocenters. The van der Waals surface area contributed by atoms with E-state index in [0.717, 1.165) is 6.07 Å². The second-order valence-electron chi connectivity index (χ2n) is 5.25. The number of ether oxygens (including phenoxy) is 1. The summed E-state index contributed by atoms with van der Waals surface area (Å²) < 4.78 is 49.1. The molecule has 0 bridgehead atoms. The van der Waals surface area contributed by atoms with Crippen LogP contribution in [0, 0.1) is 0 Å². The number of nitrogens with zero attached hydrogens (tertiary/aromatic N) is 3. The van der Waals surface area contributed by atoms with Crippen molar-refractivity contribution in [2.45, 2.75) is 32.3 Å². The van der Waals surface area contributed by atoms with Crippen LogP contribution in [0.1, 0.15) is 35.9 Å². The van der Waals surface area contributed by atoms with Crippen molar-refractivity contribution in [1.82, 2.24) is 15.0 Å². The SMILES string of the molecule is CO[C@H](C)c1noc(CN(C)Cc2ccccc2C(F)(F)F)n1. The molecule has 0 saturated heterocycles. The van der Waals surface area contributed by atoms with E-state index < -0.39 is 11.7 Å². The fourth-order valence-electron chi connectivity index (χ4n) is 2.12. The van der Waals surface area contributed by atoms with E-state index in [-0.39, 0.29) is 24.8 Å². The minimum atomic E-state index is -4.37. The Morgan fingerprint density at radius 3 is 2.61 bits per heavy atom. The number of hydrogen-bond acceptors (Lipinski definition) is 5. The molecule has 0 fully saturated rings. The monoisotopic (exact) mass is 329 g/mol. The van der Waals surface area contributed by atoms with Gasteiger partial charge in [0.15, 0.2) is 5.82 Å². The molecule has 2 rings (SSSR count). The minimum absolute atomic E-state index is 0.118. The van der Waals surface area contributed by atoms with E-state index in [1.807, 2.05) is 0 Å². The first-order chi connectivity index (χ1) is 10.8. The van der Waals surface area contributed by atoms with Gasteiger partial charge in [0.2, 0.25) is 5.89 Å². The highest BCUT2D eigenvalue weighted by Gasteiger charge is 2.33. The minimum Gasteiger partial charge on any atom is -0.374 e. The molecule has 0 spiro atoms. The van der Waals surface area contributed by atoms with Crippen LogP contribution in [0.15, 0.2) is 28.8 Å². The highest BCUT2D eigenvalue weighted by molar-refractivity contribution is 5.29. The number of aromatic nitrogens is 2. The lowest BCUT2D eigenvalue weighted by Crippen LogP contribution is -2.20. The van der Waals surface area contributed by atoms with Crippen LogP contribution in [0.2, 0.25) is 0 Å². The van der Waals surface area contributed by atoms with E-state index in [9.17, 15) is 13.2 Å². The van der Waals surface area contributed by atoms with Gasteiger partial charge in [-0.3, -0.25) is 4.90 Å². The molecule has 0 aliphatic heterocycles. The summed E-state index contributed by atoms with van der Waals surface area (Å²) in [6.07, 6.45) is -4.67. The molecular formula is C15H18F3N3O2. The van der Waals surface area contributed by atoms with E-state index in [1.54, 1.807) is 24.9 Å². The molecule has 0 N–H and O–H groups in total. The maximum absolute atomic E-state index is 13.0. The molecule has 0 aliphatic carbocycles. The number of halogens is 3. The number of hydrogen-bond donors (Lipinski definition) is 0. The molecule has 0 unspecified atom stereocenters. The quantitative estimate of drug-likeness (QED) is 0.813. The lowest BCUT2D eigenvalue weighted by atomic mass is 10.1. The zero-order chi connectivity index (χ0) is 17.0. The van der Waals surface area contributed by atoms with Gasteiger partial charge in [0.1, 0.15) is 6.10 Å².